The van der Waals surface area contributed by atoms with E-state index in [0.717, 1.165) is 15.7 Å². The molecule has 3 aromatic rings. The van der Waals surface area contributed by atoms with Crippen molar-refractivity contribution in [2.24, 2.45) is 0 Å². The topological polar surface area (TPSA) is 59.8 Å². The smallest absolute Gasteiger partial charge is 0.258 e. The van der Waals surface area contributed by atoms with Crippen LogP contribution in [0.1, 0.15) is 21.6 Å². The Balaban J connectivity index is 1.74. The van der Waals surface area contributed by atoms with E-state index in [0.29, 0.717) is 17.9 Å². The normalized spacial score (nSPS) is 10.5. The summed E-state index contributed by atoms with van der Waals surface area (Å²) in [5.74, 6) is 0.452. The number of nitrogens with one attached hydrogen (secondary N) is 1. The van der Waals surface area contributed by atoms with Gasteiger partial charge in [0, 0.05) is 22.4 Å². The van der Waals surface area contributed by atoms with Gasteiger partial charge in [-0.15, -0.1) is 0 Å². The van der Waals surface area contributed by atoms with Crippen LogP contribution >= 0.6 is 15.9 Å². The van der Waals surface area contributed by atoms with Crippen LogP contribution < -0.4 is 5.32 Å². The minimum absolute atomic E-state index is 0.199. The molecule has 0 bridgehead atoms. The zero-order valence-corrected chi connectivity index (χ0v) is 14.1. The molecule has 1 amide bonds. The van der Waals surface area contributed by atoms with Crippen LogP contribution in [0.15, 0.2) is 59.3 Å². The number of carbonyl (C=O) groups excluding carboxylic acids is 1. The van der Waals surface area contributed by atoms with E-state index < -0.39 is 0 Å². The van der Waals surface area contributed by atoms with Crippen LogP contribution in [0.3, 0.4) is 0 Å². The van der Waals surface area contributed by atoms with E-state index >= 15 is 0 Å². The first kappa shape index (κ1) is 15.4. The van der Waals surface area contributed by atoms with Gasteiger partial charge in [-0.1, -0.05) is 28.1 Å². The number of nitrogens with zero attached hydrogens (tertiary/aromatic N) is 3. The quantitative estimate of drug-likeness (QED) is 0.762. The van der Waals surface area contributed by atoms with Gasteiger partial charge in [-0.05, 0) is 36.8 Å². The first-order valence-electron chi connectivity index (χ1n) is 7.12. The largest absolute Gasteiger partial charge is 0.307 e. The Morgan fingerprint density at radius 1 is 1.17 bits per heavy atom. The highest BCUT2D eigenvalue weighted by Gasteiger charge is 2.10. The first-order valence-corrected chi connectivity index (χ1v) is 7.91. The van der Waals surface area contributed by atoms with Gasteiger partial charge in [-0.2, -0.15) is 5.10 Å². The van der Waals surface area contributed by atoms with Gasteiger partial charge >= 0.3 is 0 Å². The standard InChI is InChI=1S/C17H15BrN4O/c1-12-2-5-14(10-19-12)17(23)21-16-8-9-20-22(16)11-13-3-6-15(18)7-4-13/h2-10H,11H2,1H3,(H,21,23). The molecule has 0 aliphatic heterocycles. The Bertz CT molecular complexity index is 809. The van der Waals surface area contributed by atoms with Crippen LogP contribution in [0.5, 0.6) is 0 Å². The maximum Gasteiger partial charge on any atom is 0.258 e. The highest BCUT2D eigenvalue weighted by atomic mass is 79.9. The molecule has 0 unspecified atom stereocenters. The van der Waals surface area contributed by atoms with E-state index in [1.807, 2.05) is 37.3 Å². The molecule has 3 rings (SSSR count). The number of anilines is 1. The molecule has 23 heavy (non-hydrogen) atoms. The Kier molecular flexibility index (Phi) is 4.52. The Hall–Kier alpha value is -2.47. The van der Waals surface area contributed by atoms with Crippen molar-refractivity contribution in [3.8, 4) is 0 Å². The third-order valence-electron chi connectivity index (χ3n) is 3.38. The molecule has 2 aromatic heterocycles. The fraction of sp³-hybridized carbons (Fsp3) is 0.118. The molecule has 0 radical (unpaired) electrons. The molecular weight excluding hydrogens is 356 g/mol. The van der Waals surface area contributed by atoms with Crippen molar-refractivity contribution in [2.75, 3.05) is 5.32 Å². The summed E-state index contributed by atoms with van der Waals surface area (Å²) in [7, 11) is 0. The van der Waals surface area contributed by atoms with Crippen molar-refractivity contribution in [2.45, 2.75) is 13.5 Å². The number of amides is 1. The molecule has 116 valence electrons. The van der Waals surface area contributed by atoms with Gasteiger partial charge in [-0.25, -0.2) is 4.68 Å². The molecule has 0 fully saturated rings. The van der Waals surface area contributed by atoms with Crippen molar-refractivity contribution < 1.29 is 4.79 Å². The number of carbonyl (C=O) groups is 1. The van der Waals surface area contributed by atoms with Crippen LogP contribution in [0.4, 0.5) is 5.82 Å². The Morgan fingerprint density at radius 2 is 1.96 bits per heavy atom. The first-order chi connectivity index (χ1) is 11.1. The molecule has 0 saturated heterocycles. The van der Waals surface area contributed by atoms with Gasteiger partial charge < -0.3 is 5.32 Å². The summed E-state index contributed by atoms with van der Waals surface area (Å²) in [6, 6.07) is 13.3. The minimum atomic E-state index is -0.199. The Labute approximate surface area is 142 Å². The van der Waals surface area contributed by atoms with Crippen LogP contribution in [0.2, 0.25) is 0 Å². The third-order valence-corrected chi connectivity index (χ3v) is 3.91. The lowest BCUT2D eigenvalue weighted by Crippen LogP contribution is -2.16. The summed E-state index contributed by atoms with van der Waals surface area (Å²) >= 11 is 3.42. The lowest BCUT2D eigenvalue weighted by Gasteiger charge is -2.09. The van der Waals surface area contributed by atoms with Crippen LogP contribution in [0.25, 0.3) is 0 Å². The summed E-state index contributed by atoms with van der Waals surface area (Å²) < 4.78 is 2.78. The molecule has 0 aliphatic rings. The van der Waals surface area contributed by atoms with E-state index in [1.165, 1.54) is 0 Å². The van der Waals surface area contributed by atoms with Gasteiger partial charge in [0.2, 0.25) is 0 Å². The van der Waals surface area contributed by atoms with Gasteiger partial charge in [-0.3, -0.25) is 9.78 Å². The summed E-state index contributed by atoms with van der Waals surface area (Å²) in [6.45, 7) is 2.47. The van der Waals surface area contributed by atoms with Crippen LogP contribution in [-0.2, 0) is 6.54 Å². The highest BCUT2D eigenvalue weighted by Crippen LogP contribution is 2.14. The average molecular weight is 371 g/mol. The highest BCUT2D eigenvalue weighted by molar-refractivity contribution is 9.10. The SMILES string of the molecule is Cc1ccc(C(=O)Nc2ccnn2Cc2ccc(Br)cc2)cn1. The second-order valence-electron chi connectivity index (χ2n) is 5.14. The maximum atomic E-state index is 12.3. The number of aryl methyl sites for hydroxylation is 1. The van der Waals surface area contributed by atoms with Gasteiger partial charge in [0.15, 0.2) is 0 Å². The molecule has 0 spiro atoms. The van der Waals surface area contributed by atoms with Gasteiger partial charge in [0.25, 0.3) is 5.91 Å². The minimum Gasteiger partial charge on any atom is -0.307 e. The number of hydrogen-bond acceptors (Lipinski definition) is 3. The lowest BCUT2D eigenvalue weighted by molar-refractivity contribution is 0.102. The monoisotopic (exact) mass is 370 g/mol. The summed E-state index contributed by atoms with van der Waals surface area (Å²) in [5, 5.41) is 7.14. The van der Waals surface area contributed by atoms with Crippen LogP contribution in [-0.4, -0.2) is 20.7 Å². The second-order valence-corrected chi connectivity index (χ2v) is 6.06. The molecule has 0 saturated carbocycles. The van der Waals surface area contributed by atoms with Crippen molar-refractivity contribution in [3.05, 3.63) is 76.2 Å². The van der Waals surface area contributed by atoms with Gasteiger partial charge in [0.1, 0.15) is 5.82 Å². The second kappa shape index (κ2) is 6.75. The number of benzene rings is 1. The number of aromatic nitrogens is 3. The molecule has 6 heteroatoms. The Morgan fingerprint density at radius 3 is 2.65 bits per heavy atom. The fourth-order valence-corrected chi connectivity index (χ4v) is 2.38. The lowest BCUT2D eigenvalue weighted by atomic mass is 10.2. The zero-order chi connectivity index (χ0) is 16.2. The molecule has 2 heterocycles. The predicted molar refractivity (Wildman–Crippen MR) is 92.4 cm³/mol. The number of halogens is 1. The van der Waals surface area contributed by atoms with Crippen molar-refractivity contribution in [1.29, 1.82) is 0 Å². The predicted octanol–water partition coefficient (Wildman–Crippen LogP) is 3.65. The van der Waals surface area contributed by atoms with Crippen molar-refractivity contribution >= 4 is 27.7 Å². The average Bonchev–Trinajstić information content (AvgIpc) is 2.97. The fourth-order valence-electron chi connectivity index (χ4n) is 2.12. The maximum absolute atomic E-state index is 12.3. The van der Waals surface area contributed by atoms with Crippen LogP contribution in [0, 0.1) is 6.92 Å². The summed E-state index contributed by atoms with van der Waals surface area (Å²) in [5.41, 5.74) is 2.50. The van der Waals surface area contributed by atoms with E-state index in [2.05, 4.69) is 31.3 Å². The third kappa shape index (κ3) is 3.84. The summed E-state index contributed by atoms with van der Waals surface area (Å²) in [6.07, 6.45) is 3.24. The van der Waals surface area contributed by atoms with Crippen molar-refractivity contribution in [1.82, 2.24) is 14.8 Å². The summed E-state index contributed by atoms with van der Waals surface area (Å²) in [4.78, 5) is 16.4. The van der Waals surface area contributed by atoms with Gasteiger partial charge in [0.05, 0.1) is 18.3 Å². The van der Waals surface area contributed by atoms with E-state index in [-0.39, 0.29) is 5.91 Å². The molecular formula is C17H15BrN4O. The molecule has 0 atom stereocenters. The molecule has 0 aliphatic carbocycles. The molecule has 5 nitrogen and oxygen atoms in total. The van der Waals surface area contributed by atoms with E-state index in [1.54, 1.807) is 29.2 Å². The number of pyridine rings is 1. The molecule has 1 aromatic carbocycles. The van der Waals surface area contributed by atoms with E-state index in [9.17, 15) is 4.79 Å². The number of rotatable bonds is 4. The van der Waals surface area contributed by atoms with Crippen molar-refractivity contribution in [3.63, 3.8) is 0 Å². The molecule has 1 N–H and O–H groups in total. The number of hydrogen-bond donors (Lipinski definition) is 1. The zero-order valence-electron chi connectivity index (χ0n) is 12.5. The van der Waals surface area contributed by atoms with E-state index in [4.69, 9.17) is 0 Å².